The number of para-hydroxylation sites is 1. The number of nitrogens with one attached hydrogen (secondary N) is 1. The molecule has 0 atom stereocenters. The molecule has 1 saturated heterocycles. The monoisotopic (exact) mass is 418 g/mol. The number of hydrogen-bond donors (Lipinski definition) is 1. The van der Waals surface area contributed by atoms with Crippen molar-refractivity contribution in [3.05, 3.63) is 102 Å². The summed E-state index contributed by atoms with van der Waals surface area (Å²) in [5.74, 6) is -0.0269. The van der Waals surface area contributed by atoms with Crippen molar-refractivity contribution in [2.75, 3.05) is 37.6 Å². The molecule has 0 bridgehead atoms. The number of hydrogen-bond acceptors (Lipinski definition) is 2. The molecule has 0 saturated carbocycles. The van der Waals surface area contributed by atoms with Gasteiger partial charge < -0.3 is 14.7 Å². The quantitative estimate of drug-likeness (QED) is 0.639. The molecule has 3 aromatic rings. The van der Waals surface area contributed by atoms with E-state index in [1.54, 1.807) is 6.07 Å². The van der Waals surface area contributed by atoms with Crippen LogP contribution in [0, 0.1) is 5.82 Å². The summed E-state index contributed by atoms with van der Waals surface area (Å²) in [5, 5.41) is 0. The Labute approximate surface area is 183 Å². The predicted octanol–water partition coefficient (Wildman–Crippen LogP) is 2.76. The number of anilines is 1. The van der Waals surface area contributed by atoms with Gasteiger partial charge in [-0.05, 0) is 23.3 Å². The highest BCUT2D eigenvalue weighted by atomic mass is 19.1. The van der Waals surface area contributed by atoms with Gasteiger partial charge in [0.1, 0.15) is 5.82 Å². The zero-order chi connectivity index (χ0) is 21.5. The van der Waals surface area contributed by atoms with Gasteiger partial charge in [-0.1, -0.05) is 72.8 Å². The van der Waals surface area contributed by atoms with E-state index in [9.17, 15) is 9.18 Å². The molecule has 5 heteroatoms. The Balaban J connectivity index is 1.38. The summed E-state index contributed by atoms with van der Waals surface area (Å²) >= 11 is 0. The van der Waals surface area contributed by atoms with E-state index in [-0.39, 0.29) is 11.7 Å². The first-order valence-corrected chi connectivity index (χ1v) is 10.9. The average molecular weight is 419 g/mol. The SMILES string of the molecule is O=C(C[NH+]1CCN(c2ccccc2F)CC1)N(Cc1ccccc1)Cc1ccccc1. The highest BCUT2D eigenvalue weighted by Gasteiger charge is 2.26. The third-order valence-corrected chi connectivity index (χ3v) is 5.85. The first kappa shape index (κ1) is 21.1. The van der Waals surface area contributed by atoms with E-state index in [2.05, 4.69) is 29.2 Å². The summed E-state index contributed by atoms with van der Waals surface area (Å²) in [4.78, 5) is 18.5. The Morgan fingerprint density at radius 3 is 1.87 bits per heavy atom. The normalized spacial score (nSPS) is 14.4. The van der Waals surface area contributed by atoms with E-state index in [0.717, 1.165) is 37.3 Å². The second kappa shape index (κ2) is 10.2. The van der Waals surface area contributed by atoms with Crippen LogP contribution in [-0.2, 0) is 17.9 Å². The number of benzene rings is 3. The molecule has 1 aliphatic heterocycles. The Hall–Kier alpha value is -3.18. The van der Waals surface area contributed by atoms with Crippen molar-refractivity contribution in [3.8, 4) is 0 Å². The molecular formula is C26H29FN3O+. The number of piperazine rings is 1. The van der Waals surface area contributed by atoms with E-state index in [0.29, 0.717) is 25.3 Å². The van der Waals surface area contributed by atoms with Crippen LogP contribution in [0.25, 0.3) is 0 Å². The van der Waals surface area contributed by atoms with Gasteiger partial charge in [-0.2, -0.15) is 0 Å². The molecule has 160 valence electrons. The van der Waals surface area contributed by atoms with E-state index in [1.807, 2.05) is 53.4 Å². The summed E-state index contributed by atoms with van der Waals surface area (Å²) < 4.78 is 14.1. The lowest BCUT2D eigenvalue weighted by atomic mass is 10.1. The minimum Gasteiger partial charge on any atom is -0.358 e. The van der Waals surface area contributed by atoms with Gasteiger partial charge in [-0.25, -0.2) is 4.39 Å². The first-order valence-electron chi connectivity index (χ1n) is 10.9. The van der Waals surface area contributed by atoms with Crippen LogP contribution in [0.2, 0.25) is 0 Å². The van der Waals surface area contributed by atoms with Crippen LogP contribution in [0.4, 0.5) is 10.1 Å². The number of halogens is 1. The maximum atomic E-state index is 14.1. The summed E-state index contributed by atoms with van der Waals surface area (Å²) in [6, 6.07) is 27.2. The summed E-state index contributed by atoms with van der Waals surface area (Å²) in [6.45, 7) is 4.81. The Morgan fingerprint density at radius 2 is 1.32 bits per heavy atom. The summed E-state index contributed by atoms with van der Waals surface area (Å²) in [6.07, 6.45) is 0. The van der Waals surface area contributed by atoms with Crippen molar-refractivity contribution in [3.63, 3.8) is 0 Å². The fraction of sp³-hybridized carbons (Fsp3) is 0.269. The molecule has 31 heavy (non-hydrogen) atoms. The first-order chi connectivity index (χ1) is 15.2. The van der Waals surface area contributed by atoms with Crippen molar-refractivity contribution >= 4 is 11.6 Å². The minimum absolute atomic E-state index is 0.155. The molecular weight excluding hydrogens is 389 g/mol. The van der Waals surface area contributed by atoms with Crippen LogP contribution in [0.1, 0.15) is 11.1 Å². The lowest BCUT2D eigenvalue weighted by Crippen LogP contribution is -3.15. The van der Waals surface area contributed by atoms with Crippen molar-refractivity contribution < 1.29 is 14.1 Å². The highest BCUT2D eigenvalue weighted by Crippen LogP contribution is 2.18. The van der Waals surface area contributed by atoms with Crippen LogP contribution >= 0.6 is 0 Å². The largest absolute Gasteiger partial charge is 0.358 e. The predicted molar refractivity (Wildman–Crippen MR) is 121 cm³/mol. The zero-order valence-corrected chi connectivity index (χ0v) is 17.7. The maximum absolute atomic E-state index is 14.1. The van der Waals surface area contributed by atoms with Crippen molar-refractivity contribution in [1.29, 1.82) is 0 Å². The van der Waals surface area contributed by atoms with Gasteiger partial charge in [-0.3, -0.25) is 4.79 Å². The lowest BCUT2D eigenvalue weighted by Gasteiger charge is -2.34. The second-order valence-electron chi connectivity index (χ2n) is 8.09. The van der Waals surface area contributed by atoms with Crippen LogP contribution in [0.3, 0.4) is 0 Å². The summed E-state index contributed by atoms with van der Waals surface area (Å²) in [5.41, 5.74) is 2.92. The van der Waals surface area contributed by atoms with E-state index in [1.165, 1.54) is 11.0 Å². The average Bonchev–Trinajstić information content (AvgIpc) is 2.81. The molecule has 1 N–H and O–H groups in total. The molecule has 0 aliphatic carbocycles. The van der Waals surface area contributed by atoms with Crippen molar-refractivity contribution in [2.45, 2.75) is 13.1 Å². The number of quaternary nitrogens is 1. The highest BCUT2D eigenvalue weighted by molar-refractivity contribution is 5.77. The molecule has 4 nitrogen and oxygen atoms in total. The van der Waals surface area contributed by atoms with Crippen LogP contribution in [0.5, 0.6) is 0 Å². The molecule has 1 fully saturated rings. The fourth-order valence-corrected chi connectivity index (χ4v) is 4.11. The molecule has 0 radical (unpaired) electrons. The molecule has 3 aromatic carbocycles. The Bertz CT molecular complexity index is 931. The smallest absolute Gasteiger partial charge is 0.278 e. The van der Waals surface area contributed by atoms with Crippen LogP contribution in [0.15, 0.2) is 84.9 Å². The third kappa shape index (κ3) is 5.70. The van der Waals surface area contributed by atoms with Gasteiger partial charge >= 0.3 is 0 Å². The molecule has 0 aromatic heterocycles. The van der Waals surface area contributed by atoms with Gasteiger partial charge in [0.25, 0.3) is 5.91 Å². The molecule has 0 unspecified atom stereocenters. The van der Waals surface area contributed by atoms with Crippen LogP contribution in [-0.4, -0.2) is 43.5 Å². The molecule has 1 amide bonds. The van der Waals surface area contributed by atoms with Gasteiger partial charge in [0.05, 0.1) is 31.9 Å². The maximum Gasteiger partial charge on any atom is 0.278 e. The van der Waals surface area contributed by atoms with Gasteiger partial charge in [-0.15, -0.1) is 0 Å². The zero-order valence-electron chi connectivity index (χ0n) is 17.7. The van der Waals surface area contributed by atoms with Crippen LogP contribution < -0.4 is 9.80 Å². The molecule has 1 aliphatic rings. The number of amides is 1. The molecule has 0 spiro atoms. The van der Waals surface area contributed by atoms with Gasteiger partial charge in [0.2, 0.25) is 0 Å². The summed E-state index contributed by atoms with van der Waals surface area (Å²) in [7, 11) is 0. The van der Waals surface area contributed by atoms with Gasteiger partial charge in [0, 0.05) is 13.1 Å². The minimum atomic E-state index is -0.182. The van der Waals surface area contributed by atoms with E-state index in [4.69, 9.17) is 0 Å². The molecule has 1 heterocycles. The van der Waals surface area contributed by atoms with Crippen molar-refractivity contribution in [1.82, 2.24) is 4.90 Å². The van der Waals surface area contributed by atoms with Crippen molar-refractivity contribution in [2.24, 2.45) is 0 Å². The lowest BCUT2D eigenvalue weighted by molar-refractivity contribution is -0.892. The van der Waals surface area contributed by atoms with E-state index < -0.39 is 0 Å². The number of carbonyl (C=O) groups is 1. The van der Waals surface area contributed by atoms with Gasteiger partial charge in [0.15, 0.2) is 6.54 Å². The Morgan fingerprint density at radius 1 is 0.806 bits per heavy atom. The topological polar surface area (TPSA) is 28.0 Å². The standard InChI is InChI=1S/C26H28FN3O/c27-24-13-7-8-14-25(24)29-17-15-28(16-18-29)21-26(31)30(19-22-9-3-1-4-10-22)20-23-11-5-2-6-12-23/h1-14H,15-21H2/p+1. The number of rotatable bonds is 7. The second-order valence-corrected chi connectivity index (χ2v) is 8.09. The number of carbonyl (C=O) groups excluding carboxylic acids is 1. The molecule has 4 rings (SSSR count). The third-order valence-electron chi connectivity index (χ3n) is 5.85. The Kier molecular flexibility index (Phi) is 6.95. The fourth-order valence-electron chi connectivity index (χ4n) is 4.11. The number of nitrogens with zero attached hydrogens (tertiary/aromatic N) is 2. The van der Waals surface area contributed by atoms with E-state index >= 15 is 0 Å².